The Balaban J connectivity index is 1.52. The molecule has 9 heteroatoms. The summed E-state index contributed by atoms with van der Waals surface area (Å²) in [5, 5.41) is 0. The van der Waals surface area contributed by atoms with Crippen molar-refractivity contribution in [1.82, 2.24) is 0 Å². The Morgan fingerprint density at radius 1 is 0.522 bits per heavy atom. The lowest BCUT2D eigenvalue weighted by molar-refractivity contribution is -0.227. The fourth-order valence-corrected chi connectivity index (χ4v) is 5.01. The molecule has 0 aromatic heterocycles. The van der Waals surface area contributed by atoms with Crippen LogP contribution in [0.1, 0.15) is 47.9 Å². The molecule has 0 spiro atoms. The predicted molar refractivity (Wildman–Crippen MR) is 167 cm³/mol. The van der Waals surface area contributed by atoms with E-state index in [1.54, 1.807) is 127 Å². The van der Waals surface area contributed by atoms with Crippen molar-refractivity contribution in [2.75, 3.05) is 6.61 Å². The van der Waals surface area contributed by atoms with Gasteiger partial charge in [-0.2, -0.15) is 0 Å². The van der Waals surface area contributed by atoms with Crippen molar-refractivity contribution < 1.29 is 42.9 Å². The summed E-state index contributed by atoms with van der Waals surface area (Å²) in [7, 11) is 0. The van der Waals surface area contributed by atoms with Gasteiger partial charge in [0.1, 0.15) is 18.8 Å². The highest BCUT2D eigenvalue weighted by Gasteiger charge is 2.52. The van der Waals surface area contributed by atoms with Gasteiger partial charge in [0.25, 0.3) is 0 Å². The molecule has 0 unspecified atom stereocenters. The Kier molecular flexibility index (Phi) is 10.7. The van der Waals surface area contributed by atoms with Crippen LogP contribution in [-0.2, 0) is 23.7 Å². The van der Waals surface area contributed by atoms with Crippen molar-refractivity contribution >= 4 is 23.9 Å². The van der Waals surface area contributed by atoms with Crippen molar-refractivity contribution in [3.63, 3.8) is 0 Å². The summed E-state index contributed by atoms with van der Waals surface area (Å²) in [6.45, 7) is 3.44. The fourth-order valence-electron chi connectivity index (χ4n) is 5.01. The Morgan fingerprint density at radius 3 is 1.26 bits per heavy atom. The molecule has 1 aliphatic heterocycles. The quantitative estimate of drug-likeness (QED) is 0.115. The third-order valence-electron chi connectivity index (χ3n) is 7.28. The Labute approximate surface area is 266 Å². The number of hydrogen-bond acceptors (Lipinski definition) is 9. The largest absolute Gasteiger partial charge is 0.459 e. The maximum absolute atomic E-state index is 13.5. The number of hydrogen-bond donors (Lipinski definition) is 0. The van der Waals surface area contributed by atoms with Crippen molar-refractivity contribution in [3.8, 4) is 0 Å². The normalized spacial score (nSPS) is 20.5. The Bertz CT molecular complexity index is 1620. The monoisotopic (exact) mass is 620 g/mol. The van der Waals surface area contributed by atoms with Gasteiger partial charge in [-0.1, -0.05) is 78.9 Å². The van der Waals surface area contributed by atoms with E-state index < -0.39 is 54.4 Å². The third kappa shape index (κ3) is 7.94. The van der Waals surface area contributed by atoms with Gasteiger partial charge in [-0.3, -0.25) is 0 Å². The molecule has 0 saturated carbocycles. The molecular formula is C37H32O9. The van der Waals surface area contributed by atoms with Crippen LogP contribution in [0.4, 0.5) is 0 Å². The van der Waals surface area contributed by atoms with Crippen molar-refractivity contribution in [1.29, 1.82) is 0 Å². The van der Waals surface area contributed by atoms with E-state index in [9.17, 15) is 19.2 Å². The topological polar surface area (TPSA) is 114 Å². The first-order valence-corrected chi connectivity index (χ1v) is 14.7. The van der Waals surface area contributed by atoms with Gasteiger partial charge in [-0.25, -0.2) is 19.2 Å². The van der Waals surface area contributed by atoms with E-state index in [1.165, 1.54) is 0 Å². The number of rotatable bonds is 11. The summed E-state index contributed by atoms with van der Waals surface area (Å²) in [6, 6.07) is 33.1. The first-order chi connectivity index (χ1) is 22.4. The van der Waals surface area contributed by atoms with Gasteiger partial charge < -0.3 is 23.7 Å². The van der Waals surface area contributed by atoms with E-state index in [-0.39, 0.29) is 29.7 Å². The summed E-state index contributed by atoms with van der Waals surface area (Å²) in [5.74, 6) is -2.82. The minimum absolute atomic E-state index is 0.161. The summed E-state index contributed by atoms with van der Waals surface area (Å²) in [4.78, 5) is 53.2. The lowest BCUT2D eigenvalue weighted by Crippen LogP contribution is -2.62. The molecule has 5 atom stereocenters. The molecule has 0 bridgehead atoms. The molecule has 1 saturated heterocycles. The second-order valence-electron chi connectivity index (χ2n) is 10.4. The predicted octanol–water partition coefficient (Wildman–Crippen LogP) is 5.86. The van der Waals surface area contributed by atoms with Gasteiger partial charge in [0.2, 0.25) is 0 Å². The van der Waals surface area contributed by atoms with Crippen LogP contribution in [0.3, 0.4) is 0 Å². The molecule has 0 amide bonds. The SMILES string of the molecule is C=CC[C@H]1O[C@H](COC(=O)c2ccccc2)[C@@H](OC(=O)c2ccccc2)[C@H](OC(=O)c2ccccc2)[C@H]1OC(=O)c1ccccc1. The van der Waals surface area contributed by atoms with Crippen LogP contribution in [0.5, 0.6) is 0 Å². The van der Waals surface area contributed by atoms with E-state index in [0.717, 1.165) is 0 Å². The van der Waals surface area contributed by atoms with Gasteiger partial charge in [0, 0.05) is 0 Å². The van der Waals surface area contributed by atoms with Crippen molar-refractivity contribution in [2.24, 2.45) is 0 Å². The van der Waals surface area contributed by atoms with Crippen molar-refractivity contribution in [3.05, 3.63) is 156 Å². The average molecular weight is 621 g/mol. The minimum Gasteiger partial charge on any atom is -0.459 e. The van der Waals surface area contributed by atoms with E-state index >= 15 is 0 Å². The molecule has 0 N–H and O–H groups in total. The molecule has 4 aromatic carbocycles. The third-order valence-corrected chi connectivity index (χ3v) is 7.28. The number of carbonyl (C=O) groups is 4. The van der Waals surface area contributed by atoms with Gasteiger partial charge in [-0.05, 0) is 55.0 Å². The fraction of sp³-hybridized carbons (Fsp3) is 0.189. The zero-order valence-electron chi connectivity index (χ0n) is 24.8. The molecular weight excluding hydrogens is 588 g/mol. The lowest BCUT2D eigenvalue weighted by atomic mass is 9.92. The first kappa shape index (κ1) is 31.9. The van der Waals surface area contributed by atoms with Crippen LogP contribution in [0.25, 0.3) is 0 Å². The van der Waals surface area contributed by atoms with E-state index in [4.69, 9.17) is 23.7 Å². The number of benzene rings is 4. The second-order valence-corrected chi connectivity index (χ2v) is 10.4. The van der Waals surface area contributed by atoms with Crippen LogP contribution < -0.4 is 0 Å². The van der Waals surface area contributed by atoms with E-state index in [1.807, 2.05) is 0 Å². The van der Waals surface area contributed by atoms with Crippen LogP contribution >= 0.6 is 0 Å². The Hall–Kier alpha value is -5.54. The molecule has 1 aliphatic rings. The molecule has 0 radical (unpaired) electrons. The van der Waals surface area contributed by atoms with Gasteiger partial charge in [-0.15, -0.1) is 6.58 Å². The van der Waals surface area contributed by atoms with Gasteiger partial charge in [0.15, 0.2) is 18.3 Å². The summed E-state index contributed by atoms with van der Waals surface area (Å²) < 4.78 is 29.9. The second kappa shape index (κ2) is 15.5. The Morgan fingerprint density at radius 2 is 0.870 bits per heavy atom. The molecule has 5 rings (SSSR count). The van der Waals surface area contributed by atoms with Gasteiger partial charge in [0.05, 0.1) is 22.3 Å². The zero-order chi connectivity index (χ0) is 32.3. The zero-order valence-corrected chi connectivity index (χ0v) is 24.8. The minimum atomic E-state index is -1.37. The van der Waals surface area contributed by atoms with Gasteiger partial charge >= 0.3 is 23.9 Å². The molecule has 4 aromatic rings. The standard InChI is InChI=1S/C37H32O9/c1-2-15-29-31(44-35(39)26-18-9-4-10-19-26)33(46-37(41)28-22-13-6-14-23-28)32(45-36(40)27-20-11-5-12-21-27)30(43-29)24-42-34(38)25-16-7-3-8-17-25/h2-14,16-23,29-33H,1,15,24H2/t29-,30-,31+,32-,33-/m1/s1. The average Bonchev–Trinajstić information content (AvgIpc) is 3.11. The maximum atomic E-state index is 13.5. The van der Waals surface area contributed by atoms with Crippen LogP contribution in [0.2, 0.25) is 0 Å². The van der Waals surface area contributed by atoms with E-state index in [0.29, 0.717) is 5.56 Å². The van der Waals surface area contributed by atoms with Crippen LogP contribution in [0, 0.1) is 0 Å². The lowest BCUT2D eigenvalue weighted by Gasteiger charge is -2.44. The maximum Gasteiger partial charge on any atom is 0.338 e. The van der Waals surface area contributed by atoms with Crippen LogP contribution in [-0.4, -0.2) is 61.0 Å². The highest BCUT2D eigenvalue weighted by atomic mass is 16.7. The summed E-state index contributed by atoms with van der Waals surface area (Å²) >= 11 is 0. The molecule has 46 heavy (non-hydrogen) atoms. The summed E-state index contributed by atoms with van der Waals surface area (Å²) in [6.07, 6.45) is -4.28. The number of esters is 4. The molecule has 1 heterocycles. The first-order valence-electron chi connectivity index (χ1n) is 14.7. The smallest absolute Gasteiger partial charge is 0.338 e. The van der Waals surface area contributed by atoms with Crippen molar-refractivity contribution in [2.45, 2.75) is 36.9 Å². The molecule has 9 nitrogen and oxygen atoms in total. The highest BCUT2D eigenvalue weighted by molar-refractivity contribution is 5.91. The molecule has 234 valence electrons. The van der Waals surface area contributed by atoms with E-state index in [2.05, 4.69) is 6.58 Å². The summed E-state index contributed by atoms with van der Waals surface area (Å²) in [5.41, 5.74) is 1.01. The highest BCUT2D eigenvalue weighted by Crippen LogP contribution is 2.32. The van der Waals surface area contributed by atoms with Crippen LogP contribution in [0.15, 0.2) is 134 Å². The number of carbonyl (C=O) groups excluding carboxylic acids is 4. The molecule has 0 aliphatic carbocycles. The molecule has 1 fully saturated rings. The number of ether oxygens (including phenoxy) is 5.